The first-order chi connectivity index (χ1) is 10.8. The van der Waals surface area contributed by atoms with E-state index in [1.165, 1.54) is 36.8 Å². The third-order valence-corrected chi connectivity index (χ3v) is 5.55. The fourth-order valence-electron chi connectivity index (χ4n) is 4.71. The van der Waals surface area contributed by atoms with E-state index < -0.39 is 0 Å². The van der Waals surface area contributed by atoms with Gasteiger partial charge in [0, 0.05) is 12.1 Å². The monoisotopic (exact) mass is 291 g/mol. The number of benzene rings is 2. The Hall–Kier alpha value is -1.60. The van der Waals surface area contributed by atoms with Crippen molar-refractivity contribution in [2.75, 3.05) is 0 Å². The predicted molar refractivity (Wildman–Crippen MR) is 91.8 cm³/mol. The molecule has 0 N–H and O–H groups in total. The fraction of sp³-hybridized carbons (Fsp3) is 0.429. The van der Waals surface area contributed by atoms with Gasteiger partial charge in [-0.1, -0.05) is 67.6 Å². The lowest BCUT2D eigenvalue weighted by Crippen LogP contribution is -2.44. The highest BCUT2D eigenvalue weighted by molar-refractivity contribution is 5.33. The smallest absolute Gasteiger partial charge is 0.0606 e. The molecule has 4 rings (SSSR count). The molecule has 1 unspecified atom stereocenters. The molecule has 2 saturated heterocycles. The van der Waals surface area contributed by atoms with E-state index >= 15 is 0 Å². The van der Waals surface area contributed by atoms with Crippen molar-refractivity contribution in [2.24, 2.45) is 5.92 Å². The van der Waals surface area contributed by atoms with Gasteiger partial charge in [0.05, 0.1) is 6.04 Å². The van der Waals surface area contributed by atoms with Crippen molar-refractivity contribution in [1.29, 1.82) is 0 Å². The zero-order valence-electron chi connectivity index (χ0n) is 13.4. The Kier molecular flexibility index (Phi) is 3.75. The summed E-state index contributed by atoms with van der Waals surface area (Å²) in [6, 6.07) is 24.1. The van der Waals surface area contributed by atoms with Crippen molar-refractivity contribution in [3.8, 4) is 0 Å². The first-order valence-electron chi connectivity index (χ1n) is 8.70. The molecule has 2 heterocycles. The van der Waals surface area contributed by atoms with Crippen LogP contribution in [-0.2, 0) is 0 Å². The van der Waals surface area contributed by atoms with E-state index in [1.807, 2.05) is 0 Å². The lowest BCUT2D eigenvalue weighted by molar-refractivity contribution is 0.0793. The molecule has 2 aromatic carbocycles. The highest BCUT2D eigenvalue weighted by Gasteiger charge is 2.43. The number of hydrogen-bond acceptors (Lipinski definition) is 1. The van der Waals surface area contributed by atoms with Crippen LogP contribution in [0.4, 0.5) is 0 Å². The minimum Gasteiger partial charge on any atom is -0.286 e. The second kappa shape index (κ2) is 5.89. The van der Waals surface area contributed by atoms with Crippen LogP contribution in [0.15, 0.2) is 60.7 Å². The van der Waals surface area contributed by atoms with Gasteiger partial charge in [0.25, 0.3) is 0 Å². The molecular weight excluding hydrogens is 266 g/mol. The average molecular weight is 291 g/mol. The maximum atomic E-state index is 2.84. The van der Waals surface area contributed by atoms with E-state index in [2.05, 4.69) is 72.5 Å². The van der Waals surface area contributed by atoms with Crippen LogP contribution in [0.1, 0.15) is 49.8 Å². The van der Waals surface area contributed by atoms with E-state index in [4.69, 9.17) is 0 Å². The molecule has 1 nitrogen and oxygen atoms in total. The first kappa shape index (κ1) is 14.0. The quantitative estimate of drug-likeness (QED) is 0.766. The Labute approximate surface area is 134 Å². The van der Waals surface area contributed by atoms with E-state index in [9.17, 15) is 0 Å². The van der Waals surface area contributed by atoms with Gasteiger partial charge < -0.3 is 0 Å². The molecule has 2 aliphatic rings. The van der Waals surface area contributed by atoms with E-state index in [-0.39, 0.29) is 0 Å². The van der Waals surface area contributed by atoms with Gasteiger partial charge in [0.2, 0.25) is 0 Å². The molecule has 2 aromatic rings. The summed E-state index contributed by atoms with van der Waals surface area (Å²) in [4.78, 5) is 2.84. The first-order valence-corrected chi connectivity index (χ1v) is 8.70. The van der Waals surface area contributed by atoms with Crippen molar-refractivity contribution >= 4 is 0 Å². The maximum absolute atomic E-state index is 2.84. The zero-order valence-corrected chi connectivity index (χ0v) is 13.4. The van der Waals surface area contributed by atoms with Crippen molar-refractivity contribution in [3.63, 3.8) is 0 Å². The van der Waals surface area contributed by atoms with Crippen molar-refractivity contribution in [3.05, 3.63) is 71.8 Å². The normalized spacial score (nSPS) is 28.2. The predicted octanol–water partition coefficient (Wildman–Crippen LogP) is 5.04. The SMILES string of the molecule is CC1C[C@H]2CC[C@@H](C1)N2C(c1ccccc1)c1ccccc1. The summed E-state index contributed by atoms with van der Waals surface area (Å²) < 4.78 is 0. The number of fused-ring (bicyclic) bond motifs is 2. The zero-order chi connectivity index (χ0) is 14.9. The number of hydrogen-bond donors (Lipinski definition) is 0. The summed E-state index contributed by atoms with van der Waals surface area (Å²) in [6.45, 7) is 2.43. The summed E-state index contributed by atoms with van der Waals surface area (Å²) in [6.07, 6.45) is 5.50. The second-order valence-electron chi connectivity index (χ2n) is 7.13. The number of piperidine rings is 1. The van der Waals surface area contributed by atoms with Crippen LogP contribution in [0.5, 0.6) is 0 Å². The summed E-state index contributed by atoms with van der Waals surface area (Å²) in [5.41, 5.74) is 2.89. The van der Waals surface area contributed by atoms with E-state index in [0.29, 0.717) is 6.04 Å². The number of nitrogens with zero attached hydrogens (tertiary/aromatic N) is 1. The molecule has 2 bridgehead atoms. The van der Waals surface area contributed by atoms with Gasteiger partial charge in [-0.3, -0.25) is 4.90 Å². The van der Waals surface area contributed by atoms with Gasteiger partial charge in [0.1, 0.15) is 0 Å². The fourth-order valence-corrected chi connectivity index (χ4v) is 4.71. The Morgan fingerprint density at radius 1 is 0.773 bits per heavy atom. The van der Waals surface area contributed by atoms with Crippen LogP contribution in [0.2, 0.25) is 0 Å². The Balaban J connectivity index is 1.76. The molecule has 0 radical (unpaired) electrons. The van der Waals surface area contributed by atoms with Crippen molar-refractivity contribution < 1.29 is 0 Å². The molecule has 0 saturated carbocycles. The summed E-state index contributed by atoms with van der Waals surface area (Å²) in [5.74, 6) is 0.890. The van der Waals surface area contributed by atoms with Gasteiger partial charge in [-0.25, -0.2) is 0 Å². The van der Waals surface area contributed by atoms with Crippen LogP contribution >= 0.6 is 0 Å². The van der Waals surface area contributed by atoms with E-state index in [0.717, 1.165) is 18.0 Å². The Morgan fingerprint density at radius 2 is 1.23 bits per heavy atom. The molecular formula is C21H25N. The van der Waals surface area contributed by atoms with Gasteiger partial charge >= 0.3 is 0 Å². The minimum atomic E-state index is 0.424. The van der Waals surface area contributed by atoms with Crippen LogP contribution in [0.3, 0.4) is 0 Å². The largest absolute Gasteiger partial charge is 0.286 e. The molecule has 0 amide bonds. The summed E-state index contributed by atoms with van der Waals surface area (Å²) in [5, 5.41) is 0. The highest BCUT2D eigenvalue weighted by Crippen LogP contribution is 2.45. The van der Waals surface area contributed by atoms with Gasteiger partial charge in [-0.15, -0.1) is 0 Å². The topological polar surface area (TPSA) is 3.24 Å². The molecule has 114 valence electrons. The summed E-state index contributed by atoms with van der Waals surface area (Å²) >= 11 is 0. The van der Waals surface area contributed by atoms with E-state index in [1.54, 1.807) is 0 Å². The molecule has 2 aliphatic heterocycles. The number of rotatable bonds is 3. The average Bonchev–Trinajstić information content (AvgIpc) is 2.81. The van der Waals surface area contributed by atoms with Gasteiger partial charge in [0.15, 0.2) is 0 Å². The maximum Gasteiger partial charge on any atom is 0.0606 e. The Bertz CT molecular complexity index is 553. The molecule has 22 heavy (non-hydrogen) atoms. The van der Waals surface area contributed by atoms with Gasteiger partial charge in [-0.05, 0) is 42.7 Å². The molecule has 0 spiro atoms. The second-order valence-corrected chi connectivity index (χ2v) is 7.13. The molecule has 0 aromatic heterocycles. The van der Waals surface area contributed by atoms with Crippen LogP contribution < -0.4 is 0 Å². The Morgan fingerprint density at radius 3 is 1.68 bits per heavy atom. The molecule has 2 fully saturated rings. The van der Waals surface area contributed by atoms with Crippen LogP contribution in [0, 0.1) is 5.92 Å². The molecule has 3 atom stereocenters. The van der Waals surface area contributed by atoms with Crippen LogP contribution in [-0.4, -0.2) is 17.0 Å². The molecule has 0 aliphatic carbocycles. The van der Waals surface area contributed by atoms with Gasteiger partial charge in [-0.2, -0.15) is 0 Å². The third-order valence-electron chi connectivity index (χ3n) is 5.55. The van der Waals surface area contributed by atoms with Crippen molar-refractivity contribution in [2.45, 2.75) is 50.7 Å². The standard InChI is InChI=1S/C21H25N/c1-16-14-19-12-13-20(15-16)22(19)21(17-8-4-2-5-9-17)18-10-6-3-7-11-18/h2-11,16,19-21H,12-15H2,1H3/t16?,19-,20+. The highest BCUT2D eigenvalue weighted by atomic mass is 15.2. The van der Waals surface area contributed by atoms with Crippen molar-refractivity contribution in [1.82, 2.24) is 4.90 Å². The lowest BCUT2D eigenvalue weighted by Gasteiger charge is -2.43. The molecule has 1 heteroatoms. The minimum absolute atomic E-state index is 0.424. The third kappa shape index (κ3) is 2.48. The summed E-state index contributed by atoms with van der Waals surface area (Å²) in [7, 11) is 0. The van der Waals surface area contributed by atoms with Crippen LogP contribution in [0.25, 0.3) is 0 Å². The lowest BCUT2D eigenvalue weighted by atomic mass is 9.87.